The fourth-order valence-corrected chi connectivity index (χ4v) is 3.95. The van der Waals surface area contributed by atoms with Gasteiger partial charge in [-0.3, -0.25) is 4.79 Å². The van der Waals surface area contributed by atoms with Gasteiger partial charge in [-0.25, -0.2) is 14.2 Å². The molecule has 8 nitrogen and oxygen atoms in total. The van der Waals surface area contributed by atoms with Crippen LogP contribution in [0, 0.1) is 11.7 Å². The average molecular weight is 454 g/mol. The van der Waals surface area contributed by atoms with Crippen LogP contribution in [0.25, 0.3) is 21.5 Å². The summed E-state index contributed by atoms with van der Waals surface area (Å²) in [4.78, 5) is 28.0. The monoisotopic (exact) mass is 454 g/mol. The highest BCUT2D eigenvalue weighted by atomic mass is 32.1. The first-order valence-electron chi connectivity index (χ1n) is 9.74. The molecule has 0 fully saturated rings. The topological polar surface area (TPSA) is 117 Å². The normalized spacial score (nSPS) is 12.1. The maximum absolute atomic E-state index is 13.4. The first-order valence-corrected chi connectivity index (χ1v) is 10.6. The summed E-state index contributed by atoms with van der Waals surface area (Å²) in [6.07, 6.45) is 0. The van der Waals surface area contributed by atoms with Crippen molar-refractivity contribution in [1.29, 1.82) is 0 Å². The van der Waals surface area contributed by atoms with Crippen molar-refractivity contribution in [2.45, 2.75) is 19.9 Å². The number of carboxylic acids is 1. The zero-order chi connectivity index (χ0) is 22.8. The maximum Gasteiger partial charge on any atom is 0.326 e. The number of nitrogens with one attached hydrogen (secondary N) is 2. The summed E-state index contributed by atoms with van der Waals surface area (Å²) in [6, 6.07) is 12.1. The van der Waals surface area contributed by atoms with Crippen LogP contribution in [-0.4, -0.2) is 33.2 Å². The van der Waals surface area contributed by atoms with Gasteiger partial charge in [-0.1, -0.05) is 42.5 Å². The van der Waals surface area contributed by atoms with Crippen LogP contribution in [0.1, 0.15) is 24.4 Å². The summed E-state index contributed by atoms with van der Waals surface area (Å²) in [6.45, 7) is 3.40. The van der Waals surface area contributed by atoms with Gasteiger partial charge in [0, 0.05) is 17.3 Å². The molecule has 0 radical (unpaired) electrons. The third-order valence-electron chi connectivity index (χ3n) is 4.74. The van der Waals surface area contributed by atoms with Crippen molar-refractivity contribution in [2.24, 2.45) is 5.92 Å². The van der Waals surface area contributed by atoms with Gasteiger partial charge >= 0.3 is 5.97 Å². The van der Waals surface area contributed by atoms with E-state index in [9.17, 15) is 19.1 Å². The first kappa shape index (κ1) is 21.4. The van der Waals surface area contributed by atoms with Crippen molar-refractivity contribution < 1.29 is 23.6 Å². The second-order valence-electron chi connectivity index (χ2n) is 7.44. The van der Waals surface area contributed by atoms with E-state index in [2.05, 4.69) is 20.8 Å². The molecule has 164 valence electrons. The van der Waals surface area contributed by atoms with Gasteiger partial charge in [0.05, 0.1) is 10.2 Å². The molecule has 32 heavy (non-hydrogen) atoms. The van der Waals surface area contributed by atoms with E-state index >= 15 is 0 Å². The third-order valence-corrected chi connectivity index (χ3v) is 5.67. The smallest absolute Gasteiger partial charge is 0.326 e. The summed E-state index contributed by atoms with van der Waals surface area (Å²) in [7, 11) is 0. The standard InChI is InChI=1S/C22H19FN4O4S/c1-11(2)19(21(29)30)26-20(28)17-10-16(27-31-17)12-3-6-14(7-4-12)24-22-25-15-8-5-13(23)9-18(15)32-22/h3-11,19H,1-2H3,(H,24,25)(H,26,28)(H,29,30)/t19-/m1/s1. The van der Waals surface area contributed by atoms with Crippen LogP contribution in [0.3, 0.4) is 0 Å². The molecule has 0 saturated heterocycles. The van der Waals surface area contributed by atoms with Gasteiger partial charge in [0.25, 0.3) is 5.91 Å². The predicted molar refractivity (Wildman–Crippen MR) is 119 cm³/mol. The van der Waals surface area contributed by atoms with Crippen LogP contribution in [-0.2, 0) is 4.79 Å². The number of anilines is 2. The van der Waals surface area contributed by atoms with Crippen molar-refractivity contribution in [3.8, 4) is 11.3 Å². The van der Waals surface area contributed by atoms with Gasteiger partial charge < -0.3 is 20.3 Å². The number of benzene rings is 2. The fourth-order valence-electron chi connectivity index (χ4n) is 3.04. The highest BCUT2D eigenvalue weighted by Crippen LogP contribution is 2.29. The van der Waals surface area contributed by atoms with Crippen LogP contribution in [0.2, 0.25) is 0 Å². The highest BCUT2D eigenvalue weighted by molar-refractivity contribution is 7.22. The highest BCUT2D eigenvalue weighted by Gasteiger charge is 2.25. The number of nitrogens with zero attached hydrogens (tertiary/aromatic N) is 2. The lowest BCUT2D eigenvalue weighted by Gasteiger charge is -2.16. The van der Waals surface area contributed by atoms with E-state index in [0.29, 0.717) is 21.9 Å². The van der Waals surface area contributed by atoms with Crippen LogP contribution < -0.4 is 10.6 Å². The molecule has 4 aromatic rings. The molecule has 2 heterocycles. The van der Waals surface area contributed by atoms with Crippen molar-refractivity contribution in [3.05, 3.63) is 60.1 Å². The predicted octanol–water partition coefficient (Wildman–Crippen LogP) is 4.67. The van der Waals surface area contributed by atoms with Crippen molar-refractivity contribution >= 4 is 44.2 Å². The van der Waals surface area contributed by atoms with Crippen molar-refractivity contribution in [1.82, 2.24) is 15.5 Å². The zero-order valence-electron chi connectivity index (χ0n) is 17.1. The number of hydrogen-bond donors (Lipinski definition) is 3. The molecule has 0 aliphatic carbocycles. The van der Waals surface area contributed by atoms with Gasteiger partial charge in [-0.05, 0) is 36.2 Å². The van der Waals surface area contributed by atoms with Crippen LogP contribution >= 0.6 is 11.3 Å². The molecule has 3 N–H and O–H groups in total. The van der Waals surface area contributed by atoms with Crippen molar-refractivity contribution in [2.75, 3.05) is 5.32 Å². The summed E-state index contributed by atoms with van der Waals surface area (Å²) in [5.74, 6) is -2.42. The summed E-state index contributed by atoms with van der Waals surface area (Å²) in [5, 5.41) is 19.4. The maximum atomic E-state index is 13.4. The van der Waals surface area contributed by atoms with E-state index < -0.39 is 17.9 Å². The number of amides is 1. The van der Waals surface area contributed by atoms with Crippen molar-refractivity contribution in [3.63, 3.8) is 0 Å². The Balaban J connectivity index is 1.45. The number of fused-ring (bicyclic) bond motifs is 1. The number of thiazole rings is 1. The average Bonchev–Trinajstić information content (AvgIpc) is 3.38. The molecule has 0 aliphatic rings. The summed E-state index contributed by atoms with van der Waals surface area (Å²) in [5.41, 5.74) is 2.64. The molecule has 2 aromatic carbocycles. The second-order valence-corrected chi connectivity index (χ2v) is 8.47. The van der Waals surface area contributed by atoms with Gasteiger partial charge in [-0.2, -0.15) is 0 Å². The number of halogens is 1. The number of hydrogen-bond acceptors (Lipinski definition) is 7. The fraction of sp³-hybridized carbons (Fsp3) is 0.182. The van der Waals surface area contributed by atoms with E-state index in [0.717, 1.165) is 10.4 Å². The molecule has 1 atom stereocenters. The Morgan fingerprint density at radius 3 is 2.56 bits per heavy atom. The number of aliphatic carboxylic acids is 1. The van der Waals surface area contributed by atoms with Crippen LogP contribution in [0.4, 0.5) is 15.2 Å². The number of carbonyl (C=O) groups is 2. The molecule has 2 aromatic heterocycles. The molecule has 10 heteroatoms. The zero-order valence-corrected chi connectivity index (χ0v) is 17.9. The summed E-state index contributed by atoms with van der Waals surface area (Å²) < 4.78 is 19.2. The largest absolute Gasteiger partial charge is 0.480 e. The van der Waals surface area contributed by atoms with E-state index in [1.165, 1.54) is 29.5 Å². The minimum Gasteiger partial charge on any atom is -0.480 e. The molecular formula is C22H19FN4O4S. The molecular weight excluding hydrogens is 435 g/mol. The van der Waals surface area contributed by atoms with E-state index in [1.54, 1.807) is 32.0 Å². The Bertz CT molecular complexity index is 1280. The number of rotatable bonds is 7. The second kappa shape index (κ2) is 8.75. The number of aromatic nitrogens is 2. The third kappa shape index (κ3) is 4.59. The first-order chi connectivity index (χ1) is 15.3. The Kier molecular flexibility index (Phi) is 5.87. The molecule has 0 bridgehead atoms. The van der Waals surface area contributed by atoms with E-state index in [4.69, 9.17) is 4.52 Å². The number of carbonyl (C=O) groups excluding carboxylic acids is 1. The lowest BCUT2D eigenvalue weighted by atomic mass is 10.0. The molecule has 0 saturated carbocycles. The molecule has 4 rings (SSSR count). The Morgan fingerprint density at radius 1 is 1.12 bits per heavy atom. The lowest BCUT2D eigenvalue weighted by molar-refractivity contribution is -0.140. The van der Waals surface area contributed by atoms with Gasteiger partial charge in [-0.15, -0.1) is 0 Å². The van der Waals surface area contributed by atoms with Gasteiger partial charge in [0.2, 0.25) is 5.76 Å². The lowest BCUT2D eigenvalue weighted by Crippen LogP contribution is -2.44. The Morgan fingerprint density at radius 2 is 1.88 bits per heavy atom. The molecule has 0 spiro atoms. The minimum absolute atomic E-state index is 0.0733. The molecule has 0 unspecified atom stereocenters. The SMILES string of the molecule is CC(C)[C@@H](NC(=O)c1cc(-c2ccc(Nc3nc4ccc(F)cc4s3)cc2)no1)C(=O)O. The van der Waals surface area contributed by atoms with Gasteiger partial charge in [0.15, 0.2) is 5.13 Å². The minimum atomic E-state index is -1.12. The Hall–Kier alpha value is -3.79. The quantitative estimate of drug-likeness (QED) is 0.371. The molecule has 0 aliphatic heterocycles. The molecule has 1 amide bonds. The van der Waals surface area contributed by atoms with E-state index in [1.807, 2.05) is 12.1 Å². The Labute approximate surface area is 186 Å². The number of carboxylic acid groups (broad SMARTS) is 1. The van der Waals surface area contributed by atoms with Crippen LogP contribution in [0.5, 0.6) is 0 Å². The summed E-state index contributed by atoms with van der Waals surface area (Å²) >= 11 is 1.35. The van der Waals surface area contributed by atoms with E-state index in [-0.39, 0.29) is 17.5 Å². The van der Waals surface area contributed by atoms with Crippen LogP contribution in [0.15, 0.2) is 53.1 Å². The van der Waals surface area contributed by atoms with Gasteiger partial charge in [0.1, 0.15) is 17.6 Å².